The van der Waals surface area contributed by atoms with Gasteiger partial charge in [0, 0.05) is 0 Å². The Morgan fingerprint density at radius 3 is 1.11 bits per heavy atom. The van der Waals surface area contributed by atoms with Crippen LogP contribution >= 0.6 is 0 Å². The van der Waals surface area contributed by atoms with Gasteiger partial charge >= 0.3 is 167 Å². The van der Waals surface area contributed by atoms with Crippen LogP contribution in [0.2, 0.25) is 0 Å². The summed E-state index contributed by atoms with van der Waals surface area (Å²) in [4.78, 5) is 0. The quantitative estimate of drug-likeness (QED) is 0.585. The second-order valence-electron chi connectivity index (χ2n) is 5.68. The molecule has 0 aliphatic carbocycles. The fourth-order valence-corrected chi connectivity index (χ4v) is 5.34. The van der Waals surface area contributed by atoms with Crippen LogP contribution in [0.4, 0.5) is 0 Å². The van der Waals surface area contributed by atoms with Crippen LogP contribution in [0, 0.1) is 13.8 Å². The molecule has 0 atom stereocenters. The Labute approximate surface area is 166 Å². The van der Waals surface area contributed by atoms with Crippen molar-refractivity contribution in [2.24, 2.45) is 0 Å². The Kier molecular flexibility index (Phi) is 7.11. The number of methoxy groups -OCH3 is 6. The molecule has 2 aromatic carbocycles. The third-order valence-corrected chi connectivity index (χ3v) is 7.13. The average Bonchev–Trinajstić information content (AvgIpc) is 2.68. The van der Waals surface area contributed by atoms with Crippen molar-refractivity contribution in [2.75, 3.05) is 42.7 Å². The first-order chi connectivity index (χ1) is 13.0. The normalized spacial score (nSPS) is 10.4. The van der Waals surface area contributed by atoms with E-state index < -0.39 is 0 Å². The van der Waals surface area contributed by atoms with Gasteiger partial charge < -0.3 is 0 Å². The molecule has 0 saturated heterocycles. The second kappa shape index (κ2) is 9.11. The van der Waals surface area contributed by atoms with Gasteiger partial charge in [-0.1, -0.05) is 0 Å². The zero-order valence-electron chi connectivity index (χ0n) is 17.0. The van der Waals surface area contributed by atoms with E-state index in [2.05, 4.69) is 0 Å². The Morgan fingerprint density at radius 1 is 0.519 bits per heavy atom. The van der Waals surface area contributed by atoms with Crippen molar-refractivity contribution < 1.29 is 28.4 Å². The number of aryl methyl sites for hydroxylation is 2. The molecule has 0 fully saturated rings. The molecule has 0 unspecified atom stereocenters. The number of hydrogen-bond donors (Lipinski definition) is 0. The molecular weight excluding hydrogens is 415 g/mol. The Hall–Kier alpha value is -2.24. The number of hydrogen-bond acceptors (Lipinski definition) is 6. The average molecular weight is 441 g/mol. The van der Waals surface area contributed by atoms with E-state index in [-0.39, 0.29) is 15.0 Å². The zero-order valence-corrected chi connectivity index (χ0v) is 18.7. The first-order valence-electron chi connectivity index (χ1n) is 8.24. The van der Waals surface area contributed by atoms with Gasteiger partial charge in [0.2, 0.25) is 0 Å². The van der Waals surface area contributed by atoms with Crippen LogP contribution in [0.1, 0.15) is 11.1 Å². The van der Waals surface area contributed by atoms with Gasteiger partial charge in [-0.15, -0.1) is 0 Å². The third kappa shape index (κ3) is 3.89. The van der Waals surface area contributed by atoms with Crippen molar-refractivity contribution in [2.45, 2.75) is 13.8 Å². The predicted octanol–water partition coefficient (Wildman–Crippen LogP) is 2.01. The monoisotopic (exact) mass is 442 g/mol. The van der Waals surface area contributed by atoms with E-state index in [9.17, 15) is 0 Å². The van der Waals surface area contributed by atoms with Gasteiger partial charge in [-0.3, -0.25) is 0 Å². The van der Waals surface area contributed by atoms with E-state index in [1.807, 2.05) is 26.0 Å². The van der Waals surface area contributed by atoms with Crippen molar-refractivity contribution in [3.05, 3.63) is 23.3 Å². The number of rotatable bonds is 8. The fourth-order valence-electron chi connectivity index (χ4n) is 2.86. The summed E-state index contributed by atoms with van der Waals surface area (Å²) in [6.07, 6.45) is 0. The van der Waals surface area contributed by atoms with Crippen molar-refractivity contribution in [3.63, 3.8) is 0 Å². The van der Waals surface area contributed by atoms with Crippen LogP contribution in [-0.2, 0) is 0 Å². The molecule has 0 amide bonds. The summed E-state index contributed by atoms with van der Waals surface area (Å²) in [6, 6.07) is 3.92. The van der Waals surface area contributed by atoms with E-state index >= 15 is 0 Å². The van der Waals surface area contributed by atoms with Gasteiger partial charge in [-0.25, -0.2) is 0 Å². The van der Waals surface area contributed by atoms with Gasteiger partial charge in [0.05, 0.1) is 0 Å². The van der Waals surface area contributed by atoms with Crippen molar-refractivity contribution in [1.82, 2.24) is 0 Å². The van der Waals surface area contributed by atoms with Gasteiger partial charge in [0.25, 0.3) is 0 Å². The topological polar surface area (TPSA) is 55.4 Å². The molecule has 0 aromatic heterocycles. The molecule has 0 heterocycles. The van der Waals surface area contributed by atoms with E-state index in [1.165, 1.54) is 0 Å². The van der Waals surface area contributed by atoms with Crippen molar-refractivity contribution in [1.29, 1.82) is 0 Å². The number of ether oxygens (including phenoxy) is 6. The maximum absolute atomic E-state index is 5.69. The predicted molar refractivity (Wildman–Crippen MR) is 107 cm³/mol. The maximum atomic E-state index is 5.69. The summed E-state index contributed by atoms with van der Waals surface area (Å²) in [5.74, 6) is 3.79. The van der Waals surface area contributed by atoms with Gasteiger partial charge in [0.15, 0.2) is 0 Å². The summed E-state index contributed by atoms with van der Waals surface area (Å²) in [7, 11) is 9.71. The third-order valence-electron chi connectivity index (χ3n) is 4.14. The fraction of sp³-hybridized carbons (Fsp3) is 0.400. The molecule has 0 aliphatic heterocycles. The molecule has 2 aromatic rings. The summed E-state index contributed by atoms with van der Waals surface area (Å²) < 4.78 is 35.5. The summed E-state index contributed by atoms with van der Waals surface area (Å²) in [5.41, 5.74) is 2.11. The first-order valence-corrected chi connectivity index (χ1v) is 9.95. The van der Waals surface area contributed by atoms with Crippen LogP contribution in [0.3, 0.4) is 0 Å². The van der Waals surface area contributed by atoms with Gasteiger partial charge in [0.1, 0.15) is 0 Å². The molecule has 148 valence electrons. The molecule has 6 nitrogen and oxygen atoms in total. The molecule has 27 heavy (non-hydrogen) atoms. The molecule has 0 saturated carbocycles. The van der Waals surface area contributed by atoms with Crippen LogP contribution in [-0.4, -0.2) is 57.6 Å². The van der Waals surface area contributed by atoms with Crippen LogP contribution in [0.15, 0.2) is 12.1 Å². The van der Waals surface area contributed by atoms with E-state index in [0.717, 1.165) is 20.1 Å². The van der Waals surface area contributed by atoms with Crippen LogP contribution < -0.4 is 37.3 Å². The molecule has 0 aliphatic rings. The van der Waals surface area contributed by atoms with Crippen LogP contribution in [0.25, 0.3) is 0 Å². The molecule has 0 bridgehead atoms. The van der Waals surface area contributed by atoms with E-state index in [0.29, 0.717) is 34.5 Å². The molecular formula is C20H26O6Se. The molecule has 0 spiro atoms. The SMILES string of the molecule is COc1cc(C)c([Se]c2c(C)cc(OC)c(OC)c2OC)c(OC)c1OC. The minimum atomic E-state index is -0.135. The molecule has 0 N–H and O–H groups in total. The standard InChI is InChI=1S/C20H26O6Se/c1-11-9-13(21-3)15(23-5)17(25-7)19(11)27-20-12(2)10-14(22-4)16(24-6)18(20)26-8/h9-10H,1-8H3. The minimum absolute atomic E-state index is 0.135. The van der Waals surface area contributed by atoms with Crippen molar-refractivity contribution >= 4 is 23.9 Å². The van der Waals surface area contributed by atoms with Gasteiger partial charge in [-0.2, -0.15) is 0 Å². The Morgan fingerprint density at radius 2 is 0.852 bits per heavy atom. The summed E-state index contributed by atoms with van der Waals surface area (Å²) >= 11 is -0.135. The van der Waals surface area contributed by atoms with E-state index in [4.69, 9.17) is 28.4 Å². The molecule has 7 heteroatoms. The van der Waals surface area contributed by atoms with E-state index in [1.54, 1.807) is 42.7 Å². The van der Waals surface area contributed by atoms with Crippen molar-refractivity contribution in [3.8, 4) is 34.5 Å². The van der Waals surface area contributed by atoms with Crippen LogP contribution in [0.5, 0.6) is 34.5 Å². The first kappa shape index (κ1) is 21.1. The summed E-state index contributed by atoms with van der Waals surface area (Å²) in [6.45, 7) is 4.06. The Balaban J connectivity index is 2.70. The van der Waals surface area contributed by atoms with Gasteiger partial charge in [-0.05, 0) is 0 Å². The molecule has 2 rings (SSSR count). The number of benzene rings is 2. The zero-order chi connectivity index (χ0) is 20.1. The molecule has 0 radical (unpaired) electrons. The second-order valence-corrected chi connectivity index (χ2v) is 7.83. The summed E-state index contributed by atoms with van der Waals surface area (Å²) in [5, 5.41) is 0. The Bertz CT molecular complexity index is 752.